The van der Waals surface area contributed by atoms with Crippen molar-refractivity contribution in [2.24, 2.45) is 0 Å². The summed E-state index contributed by atoms with van der Waals surface area (Å²) in [7, 11) is -1.35. The third-order valence-electron chi connectivity index (χ3n) is 2.10. The minimum absolute atomic E-state index is 0.635. The molecule has 0 amide bonds. The van der Waals surface area contributed by atoms with E-state index < -0.39 is 8.07 Å². The summed E-state index contributed by atoms with van der Waals surface area (Å²) in [5, 5.41) is 1.45. The lowest BCUT2D eigenvalue weighted by atomic mass is 10.4. The average molecular weight is 259 g/mol. The summed E-state index contributed by atoms with van der Waals surface area (Å²) in [6.07, 6.45) is 0.877. The highest BCUT2D eigenvalue weighted by Gasteiger charge is 2.22. The Morgan fingerprint density at radius 3 is 2.38 bits per heavy atom. The van der Waals surface area contributed by atoms with Crippen LogP contribution in [0, 0.1) is 0 Å². The van der Waals surface area contributed by atoms with Gasteiger partial charge in [0.05, 0.1) is 0 Å². The van der Waals surface area contributed by atoms with Crippen molar-refractivity contribution in [2.75, 3.05) is 11.7 Å². The van der Waals surface area contributed by atoms with Gasteiger partial charge >= 0.3 is 0 Å². The Balaban J connectivity index is 2.69. The quantitative estimate of drug-likeness (QED) is 0.596. The van der Waals surface area contributed by atoms with Gasteiger partial charge in [-0.15, -0.1) is 0 Å². The molecule has 0 unspecified atom stereocenters. The fourth-order valence-corrected chi connectivity index (χ4v) is 3.60. The number of hydrogen-bond acceptors (Lipinski definition) is 1. The molecule has 0 N–H and O–H groups in total. The number of halogens is 1. The van der Waals surface area contributed by atoms with Crippen LogP contribution in [-0.4, -0.2) is 19.8 Å². The van der Waals surface area contributed by atoms with Gasteiger partial charge in [0, 0.05) is 6.23 Å². The van der Waals surface area contributed by atoms with E-state index in [1.165, 1.54) is 5.19 Å². The largest absolute Gasteiger partial charge is 0.373 e. The Hall–Kier alpha value is -0.123. The van der Waals surface area contributed by atoms with Gasteiger partial charge in [-0.05, 0) is 0 Å². The summed E-state index contributed by atoms with van der Waals surface area (Å²) in [5.74, 6) is 0. The van der Waals surface area contributed by atoms with Crippen LogP contribution in [0.5, 0.6) is 0 Å². The van der Waals surface area contributed by atoms with Crippen molar-refractivity contribution < 1.29 is 4.74 Å². The van der Waals surface area contributed by atoms with Crippen molar-refractivity contribution in [1.82, 2.24) is 0 Å². The predicted octanol–water partition coefficient (Wildman–Crippen LogP) is 2.51. The molecule has 0 saturated carbocycles. The number of alkyl halides is 1. The molecular formula is C10H15BrOSi. The fraction of sp³-hybridized carbons (Fsp3) is 0.400. The number of rotatable bonds is 4. The highest BCUT2D eigenvalue weighted by Crippen LogP contribution is 2.04. The topological polar surface area (TPSA) is 9.23 Å². The first-order chi connectivity index (χ1) is 6.17. The summed E-state index contributed by atoms with van der Waals surface area (Å²) in [5.41, 5.74) is 0.635. The van der Waals surface area contributed by atoms with E-state index in [-0.39, 0.29) is 0 Å². The van der Waals surface area contributed by atoms with E-state index in [1.807, 2.05) is 0 Å². The molecule has 0 radical (unpaired) electrons. The van der Waals surface area contributed by atoms with Crippen molar-refractivity contribution in [3.05, 3.63) is 30.3 Å². The second-order valence-corrected chi connectivity index (χ2v) is 8.80. The molecule has 0 saturated heterocycles. The Bertz CT molecular complexity index is 248. The average Bonchev–Trinajstić information content (AvgIpc) is 2.16. The first-order valence-electron chi connectivity index (χ1n) is 4.36. The van der Waals surface area contributed by atoms with Crippen LogP contribution in [-0.2, 0) is 4.74 Å². The van der Waals surface area contributed by atoms with E-state index in [0.717, 1.165) is 6.23 Å². The highest BCUT2D eigenvalue weighted by molar-refractivity contribution is 9.09. The van der Waals surface area contributed by atoms with Crippen LogP contribution in [0.1, 0.15) is 0 Å². The lowest BCUT2D eigenvalue weighted by molar-refractivity contribution is 0.233. The molecule has 0 aliphatic heterocycles. The van der Waals surface area contributed by atoms with Crippen LogP contribution in [0.15, 0.2) is 30.3 Å². The van der Waals surface area contributed by atoms with E-state index in [4.69, 9.17) is 4.74 Å². The van der Waals surface area contributed by atoms with Crippen LogP contribution >= 0.6 is 15.9 Å². The van der Waals surface area contributed by atoms with Crippen LogP contribution in [0.2, 0.25) is 13.1 Å². The van der Waals surface area contributed by atoms with Gasteiger partial charge < -0.3 is 4.74 Å². The first kappa shape index (κ1) is 11.0. The smallest absolute Gasteiger partial charge is 0.109 e. The van der Waals surface area contributed by atoms with Gasteiger partial charge in [-0.2, -0.15) is 0 Å². The van der Waals surface area contributed by atoms with E-state index in [9.17, 15) is 0 Å². The molecule has 0 fully saturated rings. The second-order valence-electron chi connectivity index (χ2n) is 3.71. The van der Waals surface area contributed by atoms with Crippen LogP contribution in [0.4, 0.5) is 0 Å². The maximum Gasteiger partial charge on any atom is 0.109 e. The molecular weight excluding hydrogens is 244 g/mol. The maximum atomic E-state index is 5.43. The molecule has 1 nitrogen and oxygen atoms in total. The fourth-order valence-electron chi connectivity index (χ4n) is 1.27. The van der Waals surface area contributed by atoms with E-state index in [0.29, 0.717) is 5.52 Å². The SMILES string of the molecule is C[Si](C)(COCBr)c1ccccc1. The second kappa shape index (κ2) is 4.93. The van der Waals surface area contributed by atoms with Gasteiger partial charge in [0.25, 0.3) is 0 Å². The Morgan fingerprint density at radius 1 is 1.23 bits per heavy atom. The predicted molar refractivity (Wildman–Crippen MR) is 63.3 cm³/mol. The van der Waals surface area contributed by atoms with Crippen LogP contribution in [0.25, 0.3) is 0 Å². The van der Waals surface area contributed by atoms with Gasteiger partial charge in [-0.25, -0.2) is 0 Å². The van der Waals surface area contributed by atoms with E-state index in [2.05, 4.69) is 59.4 Å². The molecule has 13 heavy (non-hydrogen) atoms. The molecule has 1 aromatic carbocycles. The maximum absolute atomic E-state index is 5.43. The Labute approximate surface area is 89.3 Å². The molecule has 0 heterocycles. The molecule has 0 spiro atoms. The van der Waals surface area contributed by atoms with Gasteiger partial charge in [-0.1, -0.05) is 64.5 Å². The molecule has 72 valence electrons. The zero-order chi connectivity index (χ0) is 9.73. The van der Waals surface area contributed by atoms with Crippen molar-refractivity contribution >= 4 is 29.2 Å². The van der Waals surface area contributed by atoms with Crippen molar-refractivity contribution in [2.45, 2.75) is 13.1 Å². The van der Waals surface area contributed by atoms with Crippen molar-refractivity contribution in [3.8, 4) is 0 Å². The summed E-state index contributed by atoms with van der Waals surface area (Å²) >= 11 is 3.27. The van der Waals surface area contributed by atoms with Crippen LogP contribution in [0.3, 0.4) is 0 Å². The minimum atomic E-state index is -1.35. The first-order valence-corrected chi connectivity index (χ1v) is 8.69. The Morgan fingerprint density at radius 2 is 1.85 bits per heavy atom. The lowest BCUT2D eigenvalue weighted by Crippen LogP contribution is -2.46. The zero-order valence-electron chi connectivity index (χ0n) is 8.09. The van der Waals surface area contributed by atoms with Gasteiger partial charge in [0.1, 0.15) is 13.6 Å². The van der Waals surface area contributed by atoms with Gasteiger partial charge in [-0.3, -0.25) is 0 Å². The molecule has 0 atom stereocenters. The lowest BCUT2D eigenvalue weighted by Gasteiger charge is -2.21. The normalized spacial score (nSPS) is 11.6. The summed E-state index contributed by atoms with van der Waals surface area (Å²) in [4.78, 5) is 0. The third kappa shape index (κ3) is 3.25. The third-order valence-corrected chi connectivity index (χ3v) is 5.24. The number of hydrogen-bond donors (Lipinski definition) is 0. The van der Waals surface area contributed by atoms with Crippen LogP contribution < -0.4 is 5.19 Å². The monoisotopic (exact) mass is 258 g/mol. The summed E-state index contributed by atoms with van der Waals surface area (Å²) < 4.78 is 5.43. The summed E-state index contributed by atoms with van der Waals surface area (Å²) in [6.45, 7) is 4.65. The molecule has 0 aliphatic rings. The number of ether oxygens (including phenoxy) is 1. The highest BCUT2D eigenvalue weighted by atomic mass is 79.9. The standard InChI is InChI=1S/C10H15BrOSi/c1-13(2,9-12-8-11)10-6-4-3-5-7-10/h3-7H,8-9H2,1-2H3. The summed E-state index contributed by atoms with van der Waals surface area (Å²) in [6, 6.07) is 10.6. The molecule has 0 aromatic heterocycles. The zero-order valence-corrected chi connectivity index (χ0v) is 10.7. The molecule has 0 aliphatic carbocycles. The minimum Gasteiger partial charge on any atom is -0.373 e. The van der Waals surface area contributed by atoms with Gasteiger partial charge in [0.15, 0.2) is 0 Å². The van der Waals surface area contributed by atoms with E-state index >= 15 is 0 Å². The number of benzene rings is 1. The molecule has 3 heteroatoms. The van der Waals surface area contributed by atoms with Crippen molar-refractivity contribution in [1.29, 1.82) is 0 Å². The van der Waals surface area contributed by atoms with Gasteiger partial charge in [0.2, 0.25) is 0 Å². The van der Waals surface area contributed by atoms with E-state index in [1.54, 1.807) is 0 Å². The molecule has 1 rings (SSSR count). The Kier molecular flexibility index (Phi) is 4.16. The van der Waals surface area contributed by atoms with Crippen molar-refractivity contribution in [3.63, 3.8) is 0 Å². The molecule has 0 bridgehead atoms. The molecule has 1 aromatic rings.